The first-order valence-corrected chi connectivity index (χ1v) is 10.3. The summed E-state index contributed by atoms with van der Waals surface area (Å²) >= 11 is 6.22. The van der Waals surface area contributed by atoms with Crippen molar-refractivity contribution >= 4 is 17.3 Å². The van der Waals surface area contributed by atoms with Crippen LogP contribution in [0, 0.1) is 0 Å². The minimum atomic E-state index is 0.544. The van der Waals surface area contributed by atoms with Crippen molar-refractivity contribution in [3.05, 3.63) is 28.8 Å². The second kappa shape index (κ2) is 9.61. The first-order valence-electron chi connectivity index (χ1n) is 9.96. The van der Waals surface area contributed by atoms with Gasteiger partial charge in [-0.1, -0.05) is 23.7 Å². The van der Waals surface area contributed by atoms with Gasteiger partial charge in [-0.25, -0.2) is 0 Å². The smallest absolute Gasteiger partial charge is 0.122 e. The maximum atomic E-state index is 6.22. The van der Waals surface area contributed by atoms with Crippen LogP contribution < -0.4 is 4.74 Å². The molecule has 144 valence electrons. The number of likely N-dealkylation sites (tertiary alicyclic amines) is 1. The molecule has 1 heterocycles. The molecule has 0 bridgehead atoms. The van der Waals surface area contributed by atoms with Crippen molar-refractivity contribution in [1.82, 2.24) is 4.90 Å². The van der Waals surface area contributed by atoms with Crippen LogP contribution in [0.5, 0.6) is 5.75 Å². The van der Waals surface area contributed by atoms with Crippen LogP contribution in [0.3, 0.4) is 0 Å². The number of rotatable bonds is 6. The molecule has 1 saturated heterocycles. The lowest BCUT2D eigenvalue weighted by molar-refractivity contribution is 0.127. The number of hydrogen-bond donors (Lipinski definition) is 0. The molecule has 1 aliphatic heterocycles. The number of nitrogens with zero attached hydrogens (tertiary/aromatic N) is 2. The van der Waals surface area contributed by atoms with Gasteiger partial charge in [0.05, 0.1) is 12.8 Å². The zero-order valence-corrected chi connectivity index (χ0v) is 16.8. The van der Waals surface area contributed by atoms with Crippen molar-refractivity contribution in [2.75, 3.05) is 26.8 Å². The summed E-state index contributed by atoms with van der Waals surface area (Å²) in [5, 5.41) is 5.10. The number of ether oxygens (including phenoxy) is 1. The van der Waals surface area contributed by atoms with Crippen LogP contribution in [0.2, 0.25) is 5.02 Å². The minimum absolute atomic E-state index is 0.544. The monoisotopic (exact) mass is 378 g/mol. The molecule has 0 amide bonds. The minimum Gasteiger partial charge on any atom is -0.496 e. The van der Waals surface area contributed by atoms with Crippen LogP contribution in [0.15, 0.2) is 23.4 Å². The highest BCUT2D eigenvalue weighted by atomic mass is 35.5. The predicted octanol–water partition coefficient (Wildman–Crippen LogP) is 5.25. The lowest BCUT2D eigenvalue weighted by Crippen LogP contribution is -2.42. The summed E-state index contributed by atoms with van der Waals surface area (Å²) in [6, 6.07) is 6.68. The molecule has 0 N–H and O–H groups in total. The molecule has 0 spiro atoms. The van der Waals surface area contributed by atoms with Gasteiger partial charge in [-0.15, -0.1) is 0 Å². The summed E-state index contributed by atoms with van der Waals surface area (Å²) in [7, 11) is 1.74. The van der Waals surface area contributed by atoms with E-state index in [0.29, 0.717) is 12.0 Å². The van der Waals surface area contributed by atoms with E-state index in [1.165, 1.54) is 37.0 Å². The van der Waals surface area contributed by atoms with Gasteiger partial charge in [0.1, 0.15) is 12.4 Å². The Bertz CT molecular complexity index is 602. The van der Waals surface area contributed by atoms with Crippen LogP contribution in [-0.2, 0) is 4.84 Å². The van der Waals surface area contributed by atoms with Crippen LogP contribution in [-0.4, -0.2) is 43.5 Å². The number of hydrogen-bond acceptors (Lipinski definition) is 4. The maximum absolute atomic E-state index is 6.22. The van der Waals surface area contributed by atoms with Gasteiger partial charge in [-0.3, -0.25) is 0 Å². The fourth-order valence-corrected chi connectivity index (χ4v) is 4.40. The number of piperidine rings is 1. The van der Waals surface area contributed by atoms with E-state index in [1.54, 1.807) is 7.11 Å². The molecule has 0 aromatic heterocycles. The molecule has 26 heavy (non-hydrogen) atoms. The van der Waals surface area contributed by atoms with Crippen LogP contribution >= 0.6 is 11.6 Å². The molecule has 1 aliphatic carbocycles. The van der Waals surface area contributed by atoms with Gasteiger partial charge in [-0.2, -0.15) is 0 Å². The SMILES string of the molecule is CCCON=C1CCC(N2CCC(c3cc(Cl)ccc3OC)CC2)CC1. The van der Waals surface area contributed by atoms with Gasteiger partial charge in [0.15, 0.2) is 0 Å². The van der Waals surface area contributed by atoms with Crippen LogP contribution in [0.1, 0.15) is 63.4 Å². The molecule has 5 heteroatoms. The van der Waals surface area contributed by atoms with Crippen molar-refractivity contribution in [1.29, 1.82) is 0 Å². The lowest BCUT2D eigenvalue weighted by Gasteiger charge is -2.39. The number of halogens is 1. The van der Waals surface area contributed by atoms with Gasteiger partial charge in [0.2, 0.25) is 0 Å². The first-order chi connectivity index (χ1) is 12.7. The van der Waals surface area contributed by atoms with Gasteiger partial charge < -0.3 is 14.5 Å². The molecule has 0 radical (unpaired) electrons. The third-order valence-corrected chi connectivity index (χ3v) is 5.93. The molecule has 1 saturated carbocycles. The molecule has 2 fully saturated rings. The Morgan fingerprint density at radius 1 is 1.15 bits per heavy atom. The van der Waals surface area contributed by atoms with Gasteiger partial charge in [0, 0.05) is 11.1 Å². The van der Waals surface area contributed by atoms with E-state index >= 15 is 0 Å². The number of oxime groups is 1. The molecular formula is C21H31ClN2O2. The summed E-state index contributed by atoms with van der Waals surface area (Å²) in [6.07, 6.45) is 7.94. The molecule has 2 aliphatic rings. The molecule has 3 rings (SSSR count). The summed E-state index contributed by atoms with van der Waals surface area (Å²) in [5.41, 5.74) is 2.51. The lowest BCUT2D eigenvalue weighted by atomic mass is 9.86. The number of benzene rings is 1. The van der Waals surface area contributed by atoms with E-state index in [4.69, 9.17) is 21.2 Å². The third kappa shape index (κ3) is 4.92. The Hall–Kier alpha value is -1.26. The summed E-state index contributed by atoms with van der Waals surface area (Å²) in [4.78, 5) is 8.03. The van der Waals surface area contributed by atoms with E-state index in [2.05, 4.69) is 23.0 Å². The van der Waals surface area contributed by atoms with Gasteiger partial charge in [0.25, 0.3) is 0 Å². The zero-order valence-electron chi connectivity index (χ0n) is 16.0. The third-order valence-electron chi connectivity index (χ3n) is 5.70. The topological polar surface area (TPSA) is 34.1 Å². The molecule has 1 aromatic carbocycles. The Balaban J connectivity index is 1.50. The number of methoxy groups -OCH3 is 1. The largest absolute Gasteiger partial charge is 0.496 e. The highest BCUT2D eigenvalue weighted by Crippen LogP contribution is 2.37. The maximum Gasteiger partial charge on any atom is 0.122 e. The molecule has 4 nitrogen and oxygen atoms in total. The fraction of sp³-hybridized carbons (Fsp3) is 0.667. The van der Waals surface area contributed by atoms with Crippen molar-refractivity contribution in [3.8, 4) is 5.75 Å². The second-order valence-corrected chi connectivity index (χ2v) is 7.85. The fourth-order valence-electron chi connectivity index (χ4n) is 4.22. The molecule has 1 aromatic rings. The molecule has 0 unspecified atom stereocenters. The second-order valence-electron chi connectivity index (χ2n) is 7.42. The first kappa shape index (κ1) is 19.5. The Kier molecular flexibility index (Phi) is 7.21. The highest BCUT2D eigenvalue weighted by molar-refractivity contribution is 6.30. The van der Waals surface area contributed by atoms with E-state index < -0.39 is 0 Å². The van der Waals surface area contributed by atoms with Crippen molar-refractivity contribution in [2.45, 2.75) is 63.8 Å². The van der Waals surface area contributed by atoms with Crippen molar-refractivity contribution in [3.63, 3.8) is 0 Å². The Labute approximate surface area is 162 Å². The average molecular weight is 379 g/mol. The van der Waals surface area contributed by atoms with E-state index in [0.717, 1.165) is 49.7 Å². The average Bonchev–Trinajstić information content (AvgIpc) is 2.69. The molecule has 0 atom stereocenters. The Morgan fingerprint density at radius 3 is 2.54 bits per heavy atom. The van der Waals surface area contributed by atoms with Crippen molar-refractivity contribution in [2.24, 2.45) is 5.16 Å². The summed E-state index contributed by atoms with van der Waals surface area (Å²) < 4.78 is 5.55. The summed E-state index contributed by atoms with van der Waals surface area (Å²) in [6.45, 7) is 5.15. The molecular weight excluding hydrogens is 348 g/mol. The van der Waals surface area contributed by atoms with Crippen LogP contribution in [0.25, 0.3) is 0 Å². The normalized spacial score (nSPS) is 22.3. The van der Waals surface area contributed by atoms with E-state index in [1.807, 2.05) is 12.1 Å². The Morgan fingerprint density at radius 2 is 1.88 bits per heavy atom. The van der Waals surface area contributed by atoms with Gasteiger partial charge >= 0.3 is 0 Å². The zero-order chi connectivity index (χ0) is 18.4. The van der Waals surface area contributed by atoms with E-state index in [9.17, 15) is 0 Å². The summed E-state index contributed by atoms with van der Waals surface area (Å²) in [5.74, 6) is 1.52. The predicted molar refractivity (Wildman–Crippen MR) is 107 cm³/mol. The van der Waals surface area contributed by atoms with Crippen molar-refractivity contribution < 1.29 is 9.57 Å². The highest BCUT2D eigenvalue weighted by Gasteiger charge is 2.29. The van der Waals surface area contributed by atoms with Crippen LogP contribution in [0.4, 0.5) is 0 Å². The quantitative estimate of drug-likeness (QED) is 0.500. The standard InChI is InChI=1S/C21H31ClN2O2/c1-3-14-26-23-18-5-7-19(8-6-18)24-12-10-16(11-13-24)20-15-17(22)4-9-21(20)25-2/h4,9,15-16,19H,3,5-8,10-14H2,1-2H3. The van der Waals surface area contributed by atoms with E-state index in [-0.39, 0.29) is 0 Å². The van der Waals surface area contributed by atoms with Gasteiger partial charge in [-0.05, 0) is 87.7 Å².